The van der Waals surface area contributed by atoms with Crippen LogP contribution in [-0.4, -0.2) is 44.6 Å². The molecule has 1 fully saturated rings. The van der Waals surface area contributed by atoms with Crippen molar-refractivity contribution in [1.29, 1.82) is 0 Å². The summed E-state index contributed by atoms with van der Waals surface area (Å²) in [6.45, 7) is 2.24. The van der Waals surface area contributed by atoms with Crippen LogP contribution in [0.2, 0.25) is 5.02 Å². The topological polar surface area (TPSA) is 122 Å². The van der Waals surface area contributed by atoms with Gasteiger partial charge in [-0.15, -0.1) is 0 Å². The van der Waals surface area contributed by atoms with E-state index in [0.717, 1.165) is 73.9 Å². The number of para-hydroxylation sites is 1. The number of fused-ring (bicyclic) bond motifs is 1. The molecule has 1 aliphatic carbocycles. The summed E-state index contributed by atoms with van der Waals surface area (Å²) in [5.74, 6) is 1.77. The van der Waals surface area contributed by atoms with Crippen LogP contribution in [-0.2, 0) is 16.2 Å². The van der Waals surface area contributed by atoms with E-state index in [0.29, 0.717) is 31.0 Å². The van der Waals surface area contributed by atoms with Gasteiger partial charge in [0, 0.05) is 25.0 Å². The molecule has 2 aromatic carbocycles. The molecule has 218 valence electrons. The number of rotatable bonds is 12. The normalized spacial score (nSPS) is 18.1. The van der Waals surface area contributed by atoms with E-state index >= 15 is 0 Å². The minimum atomic E-state index is -4.66. The summed E-state index contributed by atoms with van der Waals surface area (Å²) in [6, 6.07) is 10.1. The predicted octanol–water partition coefficient (Wildman–Crippen LogP) is 5.65. The molecule has 0 spiro atoms. The van der Waals surface area contributed by atoms with Crippen LogP contribution in [0.3, 0.4) is 0 Å². The Bertz CT molecular complexity index is 1400. The van der Waals surface area contributed by atoms with Gasteiger partial charge in [0.25, 0.3) is 0 Å². The third kappa shape index (κ3) is 7.96. The number of anilines is 2. The van der Waals surface area contributed by atoms with E-state index in [1.165, 1.54) is 0 Å². The molecule has 3 aromatic rings. The molecule has 13 heteroatoms. The smallest absolute Gasteiger partial charge is 0.369 e. The lowest BCUT2D eigenvalue weighted by Gasteiger charge is -2.28. The van der Waals surface area contributed by atoms with E-state index < -0.39 is 26.7 Å². The molecule has 1 heterocycles. The lowest BCUT2D eigenvalue weighted by atomic mass is 9.82. The molecule has 8 nitrogen and oxygen atoms in total. The number of benzene rings is 2. The zero-order valence-corrected chi connectivity index (χ0v) is 23.5. The monoisotopic (exact) mass is 598 g/mol. The van der Waals surface area contributed by atoms with Gasteiger partial charge in [0.05, 0.1) is 16.1 Å². The van der Waals surface area contributed by atoms with Gasteiger partial charge in [-0.3, -0.25) is 0 Å². The second-order valence-electron chi connectivity index (χ2n) is 10.1. The second-order valence-corrected chi connectivity index (χ2v) is 12.2. The number of nitrogens with zero attached hydrogens (tertiary/aromatic N) is 2. The van der Waals surface area contributed by atoms with Crippen molar-refractivity contribution in [2.75, 3.05) is 36.8 Å². The summed E-state index contributed by atoms with van der Waals surface area (Å²) in [4.78, 5) is 8.78. The van der Waals surface area contributed by atoms with Crippen molar-refractivity contribution in [2.45, 2.75) is 49.6 Å². The van der Waals surface area contributed by atoms with Gasteiger partial charge in [-0.05, 0) is 87.2 Å². The van der Waals surface area contributed by atoms with Crippen LogP contribution in [0.25, 0.3) is 10.9 Å². The molecule has 5 N–H and O–H groups in total. The standard InChI is InChI=1S/C27H34ClF3N6O2S/c28-22-12-11-20(27(29,30)31)15-24(22)40(38,39)35-17-19-9-7-18(8-10-19)16-34-26-36-23-6-2-1-5-21(23)25(37-26)33-14-4-3-13-32/h1-2,5-6,11-12,15,18-19,35H,3-4,7-10,13-14,16-17,32H2,(H2,33,34,36,37)/t18-,19-. The molecule has 40 heavy (non-hydrogen) atoms. The third-order valence-electron chi connectivity index (χ3n) is 7.15. The highest BCUT2D eigenvalue weighted by atomic mass is 35.5. The first-order valence-electron chi connectivity index (χ1n) is 13.4. The lowest BCUT2D eigenvalue weighted by molar-refractivity contribution is -0.137. The summed E-state index contributed by atoms with van der Waals surface area (Å²) in [7, 11) is -4.19. The van der Waals surface area contributed by atoms with E-state index in [1.54, 1.807) is 0 Å². The SMILES string of the molecule is NCCCCNc1nc(NC[C@H]2CC[C@H](CNS(=O)(=O)c3cc(C(F)(F)F)ccc3Cl)CC2)nc2ccccc12. The molecule has 0 atom stereocenters. The van der Waals surface area contributed by atoms with E-state index in [2.05, 4.69) is 25.3 Å². The number of hydrogen-bond acceptors (Lipinski definition) is 7. The Balaban J connectivity index is 1.29. The van der Waals surface area contributed by atoms with Crippen molar-refractivity contribution >= 4 is 44.3 Å². The van der Waals surface area contributed by atoms with Crippen molar-refractivity contribution in [2.24, 2.45) is 17.6 Å². The summed E-state index contributed by atoms with van der Waals surface area (Å²) >= 11 is 5.92. The molecule has 0 unspecified atom stereocenters. The first kappa shape index (κ1) is 30.3. The quantitative estimate of drug-likeness (QED) is 0.199. The maximum absolute atomic E-state index is 13.1. The Morgan fingerprint density at radius 2 is 1.65 bits per heavy atom. The van der Waals surface area contributed by atoms with Crippen molar-refractivity contribution in [1.82, 2.24) is 14.7 Å². The molecule has 1 aliphatic rings. The molecular formula is C27H34ClF3N6O2S. The first-order chi connectivity index (χ1) is 19.1. The number of alkyl halides is 3. The van der Waals surface area contributed by atoms with Crippen LogP contribution in [0.4, 0.5) is 24.9 Å². The van der Waals surface area contributed by atoms with Gasteiger partial charge in [0.2, 0.25) is 16.0 Å². The van der Waals surface area contributed by atoms with Crippen molar-refractivity contribution in [3.63, 3.8) is 0 Å². The lowest BCUT2D eigenvalue weighted by Crippen LogP contribution is -2.32. The Labute approximate surface area is 237 Å². The number of nitrogens with one attached hydrogen (secondary N) is 3. The average molecular weight is 599 g/mol. The molecule has 0 amide bonds. The van der Waals surface area contributed by atoms with E-state index in [-0.39, 0.29) is 17.5 Å². The maximum Gasteiger partial charge on any atom is 0.416 e. The minimum Gasteiger partial charge on any atom is -0.369 e. The second kappa shape index (κ2) is 13.3. The predicted molar refractivity (Wildman–Crippen MR) is 152 cm³/mol. The van der Waals surface area contributed by atoms with E-state index in [1.807, 2.05) is 24.3 Å². The zero-order valence-electron chi connectivity index (χ0n) is 22.0. The number of sulfonamides is 1. The first-order valence-corrected chi connectivity index (χ1v) is 15.2. The summed E-state index contributed by atoms with van der Waals surface area (Å²) < 4.78 is 67.1. The fraction of sp³-hybridized carbons (Fsp3) is 0.481. The van der Waals surface area contributed by atoms with Crippen LogP contribution in [0.1, 0.15) is 44.1 Å². The van der Waals surface area contributed by atoms with Crippen LogP contribution in [0.15, 0.2) is 47.4 Å². The highest BCUT2D eigenvalue weighted by Crippen LogP contribution is 2.34. The number of aromatic nitrogens is 2. The summed E-state index contributed by atoms with van der Waals surface area (Å²) in [6.07, 6.45) is 0.550. The Morgan fingerprint density at radius 1 is 0.950 bits per heavy atom. The Morgan fingerprint density at radius 3 is 2.35 bits per heavy atom. The third-order valence-corrected chi connectivity index (χ3v) is 9.06. The van der Waals surface area contributed by atoms with Crippen molar-refractivity contribution in [3.05, 3.63) is 53.1 Å². The van der Waals surface area contributed by atoms with Crippen molar-refractivity contribution in [3.8, 4) is 0 Å². The highest BCUT2D eigenvalue weighted by Gasteiger charge is 2.33. The van der Waals surface area contributed by atoms with Gasteiger partial charge in [-0.25, -0.2) is 18.1 Å². The Hall–Kier alpha value is -2.67. The molecule has 1 aromatic heterocycles. The minimum absolute atomic E-state index is 0.0804. The number of unbranched alkanes of at least 4 members (excludes halogenated alkanes) is 1. The van der Waals surface area contributed by atoms with Gasteiger partial charge in [0.1, 0.15) is 10.7 Å². The fourth-order valence-electron chi connectivity index (χ4n) is 4.83. The van der Waals surface area contributed by atoms with E-state index in [4.69, 9.17) is 17.3 Å². The number of nitrogens with two attached hydrogens (primary N) is 1. The number of halogens is 4. The van der Waals surface area contributed by atoms with Crippen LogP contribution >= 0.6 is 11.6 Å². The molecule has 0 aliphatic heterocycles. The number of hydrogen-bond donors (Lipinski definition) is 4. The molecule has 1 saturated carbocycles. The van der Waals surface area contributed by atoms with Gasteiger partial charge in [-0.2, -0.15) is 18.2 Å². The van der Waals surface area contributed by atoms with E-state index in [9.17, 15) is 21.6 Å². The maximum atomic E-state index is 13.1. The van der Waals surface area contributed by atoms with Crippen LogP contribution < -0.4 is 21.1 Å². The molecule has 0 radical (unpaired) electrons. The molecule has 0 saturated heterocycles. The largest absolute Gasteiger partial charge is 0.416 e. The molecule has 4 rings (SSSR count). The van der Waals surface area contributed by atoms with Crippen LogP contribution in [0, 0.1) is 11.8 Å². The average Bonchev–Trinajstić information content (AvgIpc) is 2.93. The highest BCUT2D eigenvalue weighted by molar-refractivity contribution is 7.89. The van der Waals surface area contributed by atoms with Gasteiger partial charge < -0.3 is 16.4 Å². The van der Waals surface area contributed by atoms with Crippen molar-refractivity contribution < 1.29 is 21.6 Å². The fourth-order valence-corrected chi connectivity index (χ4v) is 6.47. The molecule has 0 bridgehead atoms. The van der Waals surface area contributed by atoms with Gasteiger partial charge in [-0.1, -0.05) is 23.7 Å². The van der Waals surface area contributed by atoms with Gasteiger partial charge in [0.15, 0.2) is 0 Å². The Kier molecular flexibility index (Phi) is 10.1. The molecular weight excluding hydrogens is 565 g/mol. The van der Waals surface area contributed by atoms with Gasteiger partial charge >= 0.3 is 6.18 Å². The summed E-state index contributed by atoms with van der Waals surface area (Å²) in [5.41, 5.74) is 5.38. The zero-order chi connectivity index (χ0) is 28.8. The summed E-state index contributed by atoms with van der Waals surface area (Å²) in [5, 5.41) is 7.46. The van der Waals surface area contributed by atoms with Crippen LogP contribution in [0.5, 0.6) is 0 Å².